The molecule has 0 spiro atoms. The first kappa shape index (κ1) is 25.5. The first-order valence-corrected chi connectivity index (χ1v) is 13.7. The summed E-state index contributed by atoms with van der Waals surface area (Å²) in [6, 6.07) is 22.5. The number of hydrogen-bond acceptors (Lipinski definition) is 2. The van der Waals surface area contributed by atoms with E-state index in [-0.39, 0.29) is 17.1 Å². The van der Waals surface area contributed by atoms with Gasteiger partial charge in [-0.1, -0.05) is 113 Å². The van der Waals surface area contributed by atoms with Gasteiger partial charge in [-0.05, 0) is 42.9 Å². The molecule has 0 aromatic heterocycles. The molecular formula is C28H38FeNOP. The van der Waals surface area contributed by atoms with Gasteiger partial charge in [-0.3, -0.25) is 0 Å². The van der Waals surface area contributed by atoms with Crippen LogP contribution in [0.25, 0.3) is 0 Å². The molecule has 0 amide bonds. The number of aliphatic imine (C=N–C) groups is 1. The molecule has 1 heterocycles. The van der Waals surface area contributed by atoms with Gasteiger partial charge < -0.3 is 4.74 Å². The van der Waals surface area contributed by atoms with Crippen LogP contribution in [0.1, 0.15) is 65.2 Å². The Morgan fingerprint density at radius 3 is 1.78 bits per heavy atom. The molecule has 174 valence electrons. The Balaban J connectivity index is 0.000000427. The third kappa shape index (κ3) is 6.47. The summed E-state index contributed by atoms with van der Waals surface area (Å²) in [4.78, 5) is 4.99. The molecule has 2 saturated carbocycles. The Kier molecular flexibility index (Phi) is 10.3. The minimum Gasteiger partial charge on any atom is -0.478 e. The molecule has 32 heavy (non-hydrogen) atoms. The van der Waals surface area contributed by atoms with E-state index < -0.39 is 7.92 Å². The summed E-state index contributed by atoms with van der Waals surface area (Å²) in [5.74, 6) is 2.08. The first-order valence-electron chi connectivity index (χ1n) is 12.3. The molecule has 2 aromatic rings. The maximum atomic E-state index is 6.12. The fraction of sp³-hybridized carbons (Fsp3) is 0.536. The molecule has 2 unspecified atom stereocenters. The standard InChI is InChI=1S/C23H28NOP.C5H10.Fe/c1-17(2)21-16-25-23(24-21)20-14-9-15-22(20)26(18-10-5-3-6-11-18)19-12-7-4-8-13-19;1-2-4-5-3-1;/h3-8,10-13,17,20-22H,9,14-16H2,1-2H3;1-5H2;/t20?,21-,22?;;/m0../s1. The van der Waals surface area contributed by atoms with Gasteiger partial charge in [-0.15, -0.1) is 0 Å². The van der Waals surface area contributed by atoms with Crippen molar-refractivity contribution in [2.45, 2.75) is 76.9 Å². The summed E-state index contributed by atoms with van der Waals surface area (Å²) in [5, 5.41) is 2.95. The van der Waals surface area contributed by atoms with Gasteiger partial charge in [-0.2, -0.15) is 0 Å². The van der Waals surface area contributed by atoms with Crippen molar-refractivity contribution in [3.05, 3.63) is 60.7 Å². The predicted octanol–water partition coefficient (Wildman–Crippen LogP) is 6.69. The smallest absolute Gasteiger partial charge is 0.187 e. The van der Waals surface area contributed by atoms with Gasteiger partial charge in [0, 0.05) is 23.0 Å². The molecule has 1 aliphatic heterocycles. The van der Waals surface area contributed by atoms with Crippen molar-refractivity contribution in [1.82, 2.24) is 0 Å². The molecule has 3 aliphatic rings. The van der Waals surface area contributed by atoms with Crippen LogP contribution in [0, 0.1) is 11.8 Å². The second-order valence-electron chi connectivity index (χ2n) is 9.50. The third-order valence-corrected chi connectivity index (χ3v) is 9.90. The van der Waals surface area contributed by atoms with E-state index in [1.165, 1.54) is 62.0 Å². The Labute approximate surface area is 206 Å². The maximum Gasteiger partial charge on any atom is 0.187 e. The van der Waals surface area contributed by atoms with E-state index in [0.717, 1.165) is 12.5 Å². The predicted molar refractivity (Wildman–Crippen MR) is 135 cm³/mol. The second kappa shape index (κ2) is 12.9. The molecule has 0 bridgehead atoms. The van der Waals surface area contributed by atoms with E-state index in [2.05, 4.69) is 74.5 Å². The van der Waals surface area contributed by atoms with Gasteiger partial charge >= 0.3 is 0 Å². The molecule has 4 heteroatoms. The summed E-state index contributed by atoms with van der Waals surface area (Å²) in [6.07, 6.45) is 11.3. The molecule has 3 atom stereocenters. The minimum absolute atomic E-state index is 0. The number of rotatable bonds is 5. The zero-order valence-corrected chi connectivity index (χ0v) is 21.6. The van der Waals surface area contributed by atoms with Crippen LogP contribution in [0.5, 0.6) is 0 Å². The average molecular weight is 491 g/mol. The number of nitrogens with zero attached hydrogens (tertiary/aromatic N) is 1. The summed E-state index contributed by atoms with van der Waals surface area (Å²) in [5.41, 5.74) is 0.625. The van der Waals surface area contributed by atoms with Gasteiger partial charge in [0.05, 0.1) is 6.04 Å². The monoisotopic (exact) mass is 491 g/mol. The van der Waals surface area contributed by atoms with Crippen LogP contribution >= 0.6 is 7.92 Å². The van der Waals surface area contributed by atoms with Gasteiger partial charge in [0.1, 0.15) is 6.61 Å². The molecule has 0 radical (unpaired) electrons. The van der Waals surface area contributed by atoms with Crippen molar-refractivity contribution >= 4 is 24.4 Å². The van der Waals surface area contributed by atoms with E-state index in [4.69, 9.17) is 9.73 Å². The second-order valence-corrected chi connectivity index (χ2v) is 11.9. The van der Waals surface area contributed by atoms with Crippen LogP contribution in [0.4, 0.5) is 0 Å². The first-order chi connectivity index (χ1) is 15.2. The van der Waals surface area contributed by atoms with Gasteiger partial charge in [0.15, 0.2) is 5.90 Å². The fourth-order valence-electron chi connectivity index (χ4n) is 5.08. The quantitative estimate of drug-likeness (QED) is 0.337. The van der Waals surface area contributed by atoms with Crippen LogP contribution in [0.15, 0.2) is 65.7 Å². The third-order valence-electron chi connectivity index (χ3n) is 6.91. The maximum absolute atomic E-state index is 6.12. The SMILES string of the molecule is C1CCCC1.CC(C)[C@@H]1COC(C2CCCC2P(c2ccccc2)c2ccccc2)=N1.[Fe]. The summed E-state index contributed by atoms with van der Waals surface area (Å²) in [7, 11) is -0.398. The topological polar surface area (TPSA) is 21.6 Å². The van der Waals surface area contributed by atoms with Gasteiger partial charge in [-0.25, -0.2) is 4.99 Å². The van der Waals surface area contributed by atoms with Gasteiger partial charge in [0.25, 0.3) is 0 Å². The molecule has 0 saturated heterocycles. The van der Waals surface area contributed by atoms with Crippen molar-refractivity contribution < 1.29 is 21.8 Å². The molecular weight excluding hydrogens is 453 g/mol. The number of hydrogen-bond donors (Lipinski definition) is 0. The fourth-order valence-corrected chi connectivity index (χ4v) is 8.21. The number of ether oxygens (including phenoxy) is 1. The van der Waals surface area contributed by atoms with Crippen LogP contribution in [0.2, 0.25) is 0 Å². The molecule has 5 rings (SSSR count). The van der Waals surface area contributed by atoms with Crippen LogP contribution in [-0.2, 0) is 21.8 Å². The zero-order valence-electron chi connectivity index (χ0n) is 19.6. The Hall–Kier alpha value is -1.14. The van der Waals surface area contributed by atoms with Crippen molar-refractivity contribution in [1.29, 1.82) is 0 Å². The van der Waals surface area contributed by atoms with E-state index in [1.807, 2.05) is 0 Å². The largest absolute Gasteiger partial charge is 0.478 e. The Morgan fingerprint density at radius 1 is 0.781 bits per heavy atom. The van der Waals surface area contributed by atoms with E-state index in [0.29, 0.717) is 23.5 Å². The minimum atomic E-state index is -0.398. The van der Waals surface area contributed by atoms with Crippen LogP contribution in [-0.4, -0.2) is 24.2 Å². The van der Waals surface area contributed by atoms with Gasteiger partial charge in [0.2, 0.25) is 0 Å². The van der Waals surface area contributed by atoms with E-state index in [9.17, 15) is 0 Å². The van der Waals surface area contributed by atoms with Crippen molar-refractivity contribution in [2.75, 3.05) is 6.61 Å². The van der Waals surface area contributed by atoms with E-state index >= 15 is 0 Å². The van der Waals surface area contributed by atoms with Crippen LogP contribution in [0.3, 0.4) is 0 Å². The number of benzene rings is 2. The molecule has 0 N–H and O–H groups in total. The summed E-state index contributed by atoms with van der Waals surface area (Å²) in [6.45, 7) is 5.26. The van der Waals surface area contributed by atoms with Crippen molar-refractivity contribution in [3.63, 3.8) is 0 Å². The molecule has 2 fully saturated rings. The average Bonchev–Trinajstić information content (AvgIpc) is 3.58. The Bertz CT molecular complexity index is 775. The Morgan fingerprint density at radius 2 is 1.31 bits per heavy atom. The van der Waals surface area contributed by atoms with Crippen molar-refractivity contribution in [3.8, 4) is 0 Å². The molecule has 2 aromatic carbocycles. The molecule has 2 nitrogen and oxygen atoms in total. The zero-order chi connectivity index (χ0) is 21.5. The summed E-state index contributed by atoms with van der Waals surface area (Å²) < 4.78 is 6.12. The van der Waals surface area contributed by atoms with Crippen LogP contribution < -0.4 is 10.6 Å². The molecule has 2 aliphatic carbocycles. The summed E-state index contributed by atoms with van der Waals surface area (Å²) >= 11 is 0. The normalized spacial score (nSPS) is 24.5. The van der Waals surface area contributed by atoms with Crippen molar-refractivity contribution in [2.24, 2.45) is 16.8 Å². The van der Waals surface area contributed by atoms with E-state index in [1.54, 1.807) is 0 Å².